The van der Waals surface area contributed by atoms with E-state index in [4.69, 9.17) is 11.6 Å². The number of amides is 1. The van der Waals surface area contributed by atoms with Gasteiger partial charge in [0.2, 0.25) is 5.91 Å². The van der Waals surface area contributed by atoms with Crippen LogP contribution in [0.3, 0.4) is 0 Å². The summed E-state index contributed by atoms with van der Waals surface area (Å²) in [6.45, 7) is 8.98. The number of nitrogens with zero attached hydrogens (tertiary/aromatic N) is 4. The van der Waals surface area contributed by atoms with E-state index < -0.39 is 0 Å². The van der Waals surface area contributed by atoms with E-state index in [9.17, 15) is 4.79 Å². The molecule has 0 spiro atoms. The second kappa shape index (κ2) is 11.5. The van der Waals surface area contributed by atoms with E-state index >= 15 is 0 Å². The lowest BCUT2D eigenvalue weighted by atomic mass is 9.90. The summed E-state index contributed by atoms with van der Waals surface area (Å²) < 4.78 is 0. The van der Waals surface area contributed by atoms with Crippen molar-refractivity contribution in [3.05, 3.63) is 59.2 Å². The molecule has 1 amide bonds. The third-order valence-corrected chi connectivity index (χ3v) is 7.72. The molecule has 1 N–H and O–H groups in total. The minimum absolute atomic E-state index is 0.0908. The lowest BCUT2D eigenvalue weighted by molar-refractivity contribution is -0.124. The van der Waals surface area contributed by atoms with Crippen molar-refractivity contribution in [1.29, 1.82) is 0 Å². The summed E-state index contributed by atoms with van der Waals surface area (Å²) in [6.07, 6.45) is 5.11. The van der Waals surface area contributed by atoms with Gasteiger partial charge in [0.1, 0.15) is 5.82 Å². The van der Waals surface area contributed by atoms with Crippen molar-refractivity contribution >= 4 is 23.3 Å². The molecule has 1 aromatic carbocycles. The van der Waals surface area contributed by atoms with Gasteiger partial charge in [-0.2, -0.15) is 0 Å². The van der Waals surface area contributed by atoms with Crippen LogP contribution in [0.5, 0.6) is 0 Å². The van der Waals surface area contributed by atoms with Gasteiger partial charge in [0.25, 0.3) is 0 Å². The van der Waals surface area contributed by atoms with Crippen LogP contribution in [0.15, 0.2) is 48.7 Å². The van der Waals surface area contributed by atoms with Gasteiger partial charge in [-0.25, -0.2) is 4.98 Å². The first-order valence-corrected chi connectivity index (χ1v) is 12.9. The van der Waals surface area contributed by atoms with Crippen LogP contribution >= 0.6 is 11.6 Å². The standard InChI is InChI=1S/C27H38ClN5O/c1-20(2)25-18-33(23-11-14-31(15-12-23)26-6-4-5-13-30-26)24(17-32(25)19-27(34)29-3)16-21-7-9-22(28)10-8-21/h4-10,13,20,23-25H,11-12,14-19H2,1-3H3,(H,29,34)/t24-,25+/m0/s1. The van der Waals surface area contributed by atoms with E-state index in [-0.39, 0.29) is 5.91 Å². The van der Waals surface area contributed by atoms with Gasteiger partial charge >= 0.3 is 0 Å². The highest BCUT2D eigenvalue weighted by atomic mass is 35.5. The summed E-state index contributed by atoms with van der Waals surface area (Å²) in [5.41, 5.74) is 1.30. The molecule has 2 aliphatic rings. The van der Waals surface area contributed by atoms with Crippen LogP contribution in [-0.4, -0.2) is 78.6 Å². The Morgan fingerprint density at radius 3 is 2.47 bits per heavy atom. The number of aromatic nitrogens is 1. The number of anilines is 1. The average molecular weight is 484 g/mol. The molecule has 2 atom stereocenters. The third kappa shape index (κ3) is 6.09. The SMILES string of the molecule is CNC(=O)CN1C[C@H](Cc2ccc(Cl)cc2)N(C2CCN(c3ccccn3)CC2)C[C@@H]1C(C)C. The van der Waals surface area contributed by atoms with Gasteiger partial charge in [-0.15, -0.1) is 0 Å². The molecular weight excluding hydrogens is 446 g/mol. The number of piperidine rings is 1. The normalized spacial score (nSPS) is 22.8. The van der Waals surface area contributed by atoms with E-state index in [1.165, 1.54) is 5.56 Å². The van der Waals surface area contributed by atoms with Crippen LogP contribution in [0.2, 0.25) is 5.02 Å². The maximum atomic E-state index is 12.3. The molecule has 0 radical (unpaired) electrons. The molecule has 2 aliphatic heterocycles. The van der Waals surface area contributed by atoms with Gasteiger partial charge in [0, 0.05) is 62.6 Å². The van der Waals surface area contributed by atoms with Crippen LogP contribution in [-0.2, 0) is 11.2 Å². The first-order valence-electron chi connectivity index (χ1n) is 12.6. The Morgan fingerprint density at radius 1 is 1.12 bits per heavy atom. The number of piperazine rings is 1. The molecule has 184 valence electrons. The number of pyridine rings is 1. The van der Waals surface area contributed by atoms with Gasteiger partial charge < -0.3 is 10.2 Å². The maximum Gasteiger partial charge on any atom is 0.233 e. The van der Waals surface area contributed by atoms with E-state index in [0.29, 0.717) is 30.6 Å². The lowest BCUT2D eigenvalue weighted by Crippen LogP contribution is -2.64. The first-order chi connectivity index (χ1) is 16.4. The number of carbonyl (C=O) groups excluding carboxylic acids is 1. The minimum atomic E-state index is 0.0908. The molecule has 2 saturated heterocycles. The molecule has 34 heavy (non-hydrogen) atoms. The molecule has 0 bridgehead atoms. The molecule has 3 heterocycles. The third-order valence-electron chi connectivity index (χ3n) is 7.47. The number of benzene rings is 1. The van der Waals surface area contributed by atoms with E-state index in [2.05, 4.69) is 63.1 Å². The Hall–Kier alpha value is -2.15. The number of nitrogens with one attached hydrogen (secondary N) is 1. The second-order valence-electron chi connectivity index (χ2n) is 10.0. The number of rotatable bonds is 7. The summed E-state index contributed by atoms with van der Waals surface area (Å²) in [7, 11) is 1.73. The van der Waals surface area contributed by atoms with E-state index in [1.54, 1.807) is 7.05 Å². The van der Waals surface area contributed by atoms with Crippen molar-refractivity contribution in [3.63, 3.8) is 0 Å². The zero-order chi connectivity index (χ0) is 24.1. The fourth-order valence-electron chi connectivity index (χ4n) is 5.56. The molecule has 0 aliphatic carbocycles. The van der Waals surface area contributed by atoms with Gasteiger partial charge in [-0.3, -0.25) is 14.6 Å². The van der Waals surface area contributed by atoms with Gasteiger partial charge in [0.05, 0.1) is 6.54 Å². The number of hydrogen-bond donors (Lipinski definition) is 1. The molecule has 0 unspecified atom stereocenters. The highest BCUT2D eigenvalue weighted by Crippen LogP contribution is 2.30. The predicted molar refractivity (Wildman–Crippen MR) is 139 cm³/mol. The summed E-state index contributed by atoms with van der Waals surface area (Å²) in [6, 6.07) is 15.7. The van der Waals surface area contributed by atoms with Crippen LogP contribution in [0.25, 0.3) is 0 Å². The highest BCUT2D eigenvalue weighted by molar-refractivity contribution is 6.30. The zero-order valence-electron chi connectivity index (χ0n) is 20.7. The molecular formula is C27H38ClN5O. The Morgan fingerprint density at radius 2 is 1.85 bits per heavy atom. The number of hydrogen-bond acceptors (Lipinski definition) is 5. The van der Waals surface area contributed by atoms with E-state index in [1.807, 2.05) is 24.4 Å². The Balaban J connectivity index is 1.52. The van der Waals surface area contributed by atoms with Crippen molar-refractivity contribution in [2.45, 2.75) is 51.2 Å². The average Bonchev–Trinajstić information content (AvgIpc) is 2.86. The van der Waals surface area contributed by atoms with Crippen LogP contribution in [0.4, 0.5) is 5.82 Å². The smallest absolute Gasteiger partial charge is 0.233 e. The second-order valence-corrected chi connectivity index (χ2v) is 10.4. The van der Waals surface area contributed by atoms with Crippen LogP contribution in [0, 0.1) is 5.92 Å². The number of carbonyl (C=O) groups is 1. The van der Waals surface area contributed by atoms with Crippen molar-refractivity contribution in [1.82, 2.24) is 20.1 Å². The Bertz CT molecular complexity index is 914. The Kier molecular flexibility index (Phi) is 8.46. The zero-order valence-corrected chi connectivity index (χ0v) is 21.4. The number of likely N-dealkylation sites (N-methyl/N-ethyl adjacent to an activating group) is 1. The molecule has 7 heteroatoms. The lowest BCUT2D eigenvalue weighted by Gasteiger charge is -2.52. The largest absolute Gasteiger partial charge is 0.358 e. The fourth-order valence-corrected chi connectivity index (χ4v) is 5.68. The van der Waals surface area contributed by atoms with Crippen molar-refractivity contribution < 1.29 is 4.79 Å². The Labute approximate surface area is 209 Å². The minimum Gasteiger partial charge on any atom is -0.358 e. The summed E-state index contributed by atoms with van der Waals surface area (Å²) in [5.74, 6) is 1.65. The molecule has 2 fully saturated rings. The molecule has 6 nitrogen and oxygen atoms in total. The van der Waals surface area contributed by atoms with Crippen molar-refractivity contribution in [2.24, 2.45) is 5.92 Å². The fraction of sp³-hybridized carbons (Fsp3) is 0.556. The summed E-state index contributed by atoms with van der Waals surface area (Å²) in [4.78, 5) is 24.4. The molecule has 0 saturated carbocycles. The maximum absolute atomic E-state index is 12.3. The monoisotopic (exact) mass is 483 g/mol. The summed E-state index contributed by atoms with van der Waals surface area (Å²) >= 11 is 6.15. The van der Waals surface area contributed by atoms with Gasteiger partial charge in [-0.1, -0.05) is 43.6 Å². The summed E-state index contributed by atoms with van der Waals surface area (Å²) in [5, 5.41) is 3.59. The quantitative estimate of drug-likeness (QED) is 0.650. The topological polar surface area (TPSA) is 51.7 Å². The predicted octanol–water partition coefficient (Wildman–Crippen LogP) is 3.70. The first kappa shape index (κ1) is 25.0. The number of halogens is 1. The molecule has 2 aromatic rings. The van der Waals surface area contributed by atoms with Crippen molar-refractivity contribution in [3.8, 4) is 0 Å². The van der Waals surface area contributed by atoms with Crippen molar-refractivity contribution in [2.75, 3.05) is 44.7 Å². The van der Waals surface area contributed by atoms with Gasteiger partial charge in [0.15, 0.2) is 0 Å². The molecule has 1 aromatic heterocycles. The van der Waals surface area contributed by atoms with Crippen LogP contribution < -0.4 is 10.2 Å². The molecule has 4 rings (SSSR count). The van der Waals surface area contributed by atoms with E-state index in [0.717, 1.165) is 56.3 Å². The van der Waals surface area contributed by atoms with Crippen LogP contribution in [0.1, 0.15) is 32.3 Å². The van der Waals surface area contributed by atoms with Gasteiger partial charge in [-0.05, 0) is 55.0 Å². The highest BCUT2D eigenvalue weighted by Gasteiger charge is 2.39.